The van der Waals surface area contributed by atoms with Gasteiger partial charge in [-0.2, -0.15) is 0 Å². The number of aryl methyl sites for hydroxylation is 1. The monoisotopic (exact) mass is 236 g/mol. The van der Waals surface area contributed by atoms with Gasteiger partial charge in [0.2, 0.25) is 0 Å². The smallest absolute Gasteiger partial charge is 0.0616 e. The lowest BCUT2D eigenvalue weighted by atomic mass is 9.79. The summed E-state index contributed by atoms with van der Waals surface area (Å²) in [6, 6.07) is 8.66. The van der Waals surface area contributed by atoms with E-state index in [9.17, 15) is 0 Å². The number of halogens is 1. The molecular formula is C15H21Cl. The van der Waals surface area contributed by atoms with Gasteiger partial charge >= 0.3 is 0 Å². The summed E-state index contributed by atoms with van der Waals surface area (Å²) in [5, 5.41) is 0.235. The molecule has 1 aliphatic rings. The highest BCUT2D eigenvalue weighted by atomic mass is 35.5. The Morgan fingerprint density at radius 3 is 2.88 bits per heavy atom. The van der Waals surface area contributed by atoms with Crippen molar-refractivity contribution in [2.24, 2.45) is 11.8 Å². The maximum Gasteiger partial charge on any atom is 0.0616 e. The van der Waals surface area contributed by atoms with E-state index >= 15 is 0 Å². The van der Waals surface area contributed by atoms with Gasteiger partial charge in [-0.15, -0.1) is 11.6 Å². The van der Waals surface area contributed by atoms with Crippen LogP contribution in [0.15, 0.2) is 24.3 Å². The molecule has 0 aromatic heterocycles. The van der Waals surface area contributed by atoms with Gasteiger partial charge in [0, 0.05) is 0 Å². The van der Waals surface area contributed by atoms with Gasteiger partial charge in [-0.1, -0.05) is 44.5 Å². The third kappa shape index (κ3) is 2.43. The van der Waals surface area contributed by atoms with Crippen molar-refractivity contribution in [1.82, 2.24) is 0 Å². The van der Waals surface area contributed by atoms with Crippen LogP contribution in [0.4, 0.5) is 0 Å². The van der Waals surface area contributed by atoms with Crippen LogP contribution in [0.2, 0.25) is 0 Å². The largest absolute Gasteiger partial charge is 0.118 e. The second-order valence-electron chi connectivity index (χ2n) is 5.15. The molecule has 0 saturated heterocycles. The van der Waals surface area contributed by atoms with Crippen molar-refractivity contribution in [2.75, 3.05) is 0 Å². The molecule has 0 nitrogen and oxygen atoms in total. The zero-order valence-corrected chi connectivity index (χ0v) is 11.0. The van der Waals surface area contributed by atoms with Crippen LogP contribution >= 0.6 is 11.6 Å². The van der Waals surface area contributed by atoms with Gasteiger partial charge < -0.3 is 0 Å². The molecular weight excluding hydrogens is 216 g/mol. The zero-order valence-electron chi connectivity index (χ0n) is 10.2. The van der Waals surface area contributed by atoms with Crippen LogP contribution in [0, 0.1) is 11.8 Å². The molecule has 2 rings (SSSR count). The molecule has 3 unspecified atom stereocenters. The minimum absolute atomic E-state index is 0.235. The summed E-state index contributed by atoms with van der Waals surface area (Å²) >= 11 is 6.61. The topological polar surface area (TPSA) is 0 Å². The summed E-state index contributed by atoms with van der Waals surface area (Å²) in [6.07, 6.45) is 5.01. The average molecular weight is 237 g/mol. The van der Waals surface area contributed by atoms with E-state index in [0.717, 1.165) is 5.92 Å². The summed E-state index contributed by atoms with van der Waals surface area (Å²) in [7, 11) is 0. The number of hydrogen-bond donors (Lipinski definition) is 0. The zero-order chi connectivity index (χ0) is 11.5. The Morgan fingerprint density at radius 2 is 2.12 bits per heavy atom. The lowest BCUT2D eigenvalue weighted by Crippen LogP contribution is -2.19. The standard InChI is InChI=1S/C15H21Cl/c1-3-11(2)10-13-9-8-12-6-4-5-7-14(12)15(13)16/h4-7,11,13,15H,3,8-10H2,1-2H3. The van der Waals surface area contributed by atoms with E-state index in [4.69, 9.17) is 11.6 Å². The van der Waals surface area contributed by atoms with E-state index in [2.05, 4.69) is 38.1 Å². The van der Waals surface area contributed by atoms with E-state index in [-0.39, 0.29) is 5.38 Å². The summed E-state index contributed by atoms with van der Waals surface area (Å²) in [5.74, 6) is 1.48. The lowest BCUT2D eigenvalue weighted by molar-refractivity contribution is 0.341. The lowest BCUT2D eigenvalue weighted by Gasteiger charge is -2.31. The molecule has 3 atom stereocenters. The minimum atomic E-state index is 0.235. The van der Waals surface area contributed by atoms with Gasteiger partial charge in [-0.3, -0.25) is 0 Å². The Kier molecular flexibility index (Phi) is 3.91. The predicted octanol–water partition coefficient (Wildman–Crippen LogP) is 4.97. The van der Waals surface area contributed by atoms with Crippen LogP contribution in [0.1, 0.15) is 49.6 Å². The molecule has 0 saturated carbocycles. The Balaban J connectivity index is 2.12. The van der Waals surface area contributed by atoms with Gasteiger partial charge in [0.05, 0.1) is 5.38 Å². The summed E-state index contributed by atoms with van der Waals surface area (Å²) < 4.78 is 0. The Bertz CT molecular complexity index is 345. The van der Waals surface area contributed by atoms with Crippen molar-refractivity contribution in [3.05, 3.63) is 35.4 Å². The van der Waals surface area contributed by atoms with Crippen molar-refractivity contribution in [1.29, 1.82) is 0 Å². The predicted molar refractivity (Wildman–Crippen MR) is 70.9 cm³/mol. The molecule has 1 aliphatic carbocycles. The minimum Gasteiger partial charge on any atom is -0.118 e. The maximum absolute atomic E-state index is 6.61. The van der Waals surface area contributed by atoms with E-state index in [0.29, 0.717) is 5.92 Å². The molecule has 1 aromatic rings. The highest BCUT2D eigenvalue weighted by molar-refractivity contribution is 6.21. The Morgan fingerprint density at radius 1 is 1.38 bits per heavy atom. The highest BCUT2D eigenvalue weighted by Gasteiger charge is 2.28. The molecule has 0 aliphatic heterocycles. The number of fused-ring (bicyclic) bond motifs is 1. The van der Waals surface area contributed by atoms with Crippen molar-refractivity contribution >= 4 is 11.6 Å². The third-order valence-electron chi connectivity index (χ3n) is 3.95. The molecule has 88 valence electrons. The van der Waals surface area contributed by atoms with Gasteiger partial charge in [0.15, 0.2) is 0 Å². The molecule has 0 bridgehead atoms. The molecule has 0 fully saturated rings. The van der Waals surface area contributed by atoms with Crippen molar-refractivity contribution in [2.45, 2.75) is 44.9 Å². The van der Waals surface area contributed by atoms with Gasteiger partial charge in [0.25, 0.3) is 0 Å². The number of benzene rings is 1. The first kappa shape index (κ1) is 12.0. The van der Waals surface area contributed by atoms with Crippen LogP contribution in [0.3, 0.4) is 0 Å². The summed E-state index contributed by atoms with van der Waals surface area (Å²) in [5.41, 5.74) is 2.84. The second kappa shape index (κ2) is 5.23. The molecule has 0 amide bonds. The molecule has 0 N–H and O–H groups in total. The third-order valence-corrected chi connectivity index (χ3v) is 4.54. The number of alkyl halides is 1. The van der Waals surface area contributed by atoms with Gasteiger partial charge in [-0.05, 0) is 42.2 Å². The normalized spacial score (nSPS) is 26.2. The SMILES string of the molecule is CCC(C)CC1CCc2ccccc2C1Cl. The molecule has 16 heavy (non-hydrogen) atoms. The average Bonchev–Trinajstić information content (AvgIpc) is 2.33. The van der Waals surface area contributed by atoms with Crippen molar-refractivity contribution < 1.29 is 0 Å². The van der Waals surface area contributed by atoms with Crippen LogP contribution in [-0.2, 0) is 6.42 Å². The summed E-state index contributed by atoms with van der Waals surface area (Å²) in [6.45, 7) is 4.61. The first-order chi connectivity index (χ1) is 7.72. The molecule has 1 heteroatoms. The molecule has 0 heterocycles. The molecule has 0 radical (unpaired) electrons. The number of rotatable bonds is 3. The van der Waals surface area contributed by atoms with Crippen LogP contribution in [-0.4, -0.2) is 0 Å². The van der Waals surface area contributed by atoms with Crippen LogP contribution in [0.25, 0.3) is 0 Å². The Hall–Kier alpha value is -0.490. The van der Waals surface area contributed by atoms with Gasteiger partial charge in [-0.25, -0.2) is 0 Å². The quantitative estimate of drug-likeness (QED) is 0.651. The van der Waals surface area contributed by atoms with Crippen LogP contribution in [0.5, 0.6) is 0 Å². The fraction of sp³-hybridized carbons (Fsp3) is 0.600. The van der Waals surface area contributed by atoms with Gasteiger partial charge in [0.1, 0.15) is 0 Å². The van der Waals surface area contributed by atoms with E-state index in [1.54, 1.807) is 0 Å². The second-order valence-corrected chi connectivity index (χ2v) is 5.62. The fourth-order valence-electron chi connectivity index (χ4n) is 2.69. The van der Waals surface area contributed by atoms with Crippen molar-refractivity contribution in [3.63, 3.8) is 0 Å². The fourth-order valence-corrected chi connectivity index (χ4v) is 3.13. The molecule has 0 spiro atoms. The van der Waals surface area contributed by atoms with E-state index in [1.165, 1.54) is 36.8 Å². The van der Waals surface area contributed by atoms with Crippen molar-refractivity contribution in [3.8, 4) is 0 Å². The molecule has 1 aromatic carbocycles. The van der Waals surface area contributed by atoms with E-state index in [1.807, 2.05) is 0 Å². The highest BCUT2D eigenvalue weighted by Crippen LogP contribution is 2.42. The first-order valence-corrected chi connectivity index (χ1v) is 6.88. The number of hydrogen-bond acceptors (Lipinski definition) is 0. The maximum atomic E-state index is 6.61. The Labute approximate surface area is 104 Å². The van der Waals surface area contributed by atoms with E-state index < -0.39 is 0 Å². The van der Waals surface area contributed by atoms with Crippen LogP contribution < -0.4 is 0 Å². The summed E-state index contributed by atoms with van der Waals surface area (Å²) in [4.78, 5) is 0. The first-order valence-electron chi connectivity index (χ1n) is 6.44.